The lowest BCUT2D eigenvalue weighted by Crippen LogP contribution is -2.18. The van der Waals surface area contributed by atoms with Crippen molar-refractivity contribution in [1.82, 2.24) is 4.98 Å². The Balaban J connectivity index is 2.97. The highest BCUT2D eigenvalue weighted by Crippen LogP contribution is 2.18. The summed E-state index contributed by atoms with van der Waals surface area (Å²) >= 11 is 0. The summed E-state index contributed by atoms with van der Waals surface area (Å²) in [5, 5.41) is 9.84. The summed E-state index contributed by atoms with van der Waals surface area (Å²) in [4.78, 5) is 4.07. The Kier molecular flexibility index (Phi) is 2.61. The molecule has 0 amide bonds. The van der Waals surface area contributed by atoms with Gasteiger partial charge in [0.25, 0.3) is 0 Å². The molecular formula is C10H13NO. The van der Waals surface area contributed by atoms with E-state index in [1.165, 1.54) is 0 Å². The molecule has 0 saturated carbocycles. The molecule has 0 aliphatic heterocycles. The molecule has 64 valence electrons. The highest BCUT2D eigenvalue weighted by Gasteiger charge is 2.19. The quantitative estimate of drug-likeness (QED) is 0.675. The maximum atomic E-state index is 9.84. The molecule has 0 aliphatic carbocycles. The Labute approximate surface area is 72.6 Å². The van der Waals surface area contributed by atoms with Crippen LogP contribution in [0, 0.1) is 0 Å². The van der Waals surface area contributed by atoms with Crippen molar-refractivity contribution in [2.75, 3.05) is 0 Å². The molecule has 12 heavy (non-hydrogen) atoms. The molecule has 0 saturated heterocycles. The Bertz CT molecular complexity index is 264. The van der Waals surface area contributed by atoms with E-state index < -0.39 is 5.60 Å². The predicted octanol–water partition coefficient (Wildman–Crippen LogP) is 1.87. The van der Waals surface area contributed by atoms with Gasteiger partial charge in [0, 0.05) is 6.20 Å². The first-order valence-corrected chi connectivity index (χ1v) is 3.94. The zero-order valence-electron chi connectivity index (χ0n) is 7.36. The van der Waals surface area contributed by atoms with Gasteiger partial charge in [0.2, 0.25) is 0 Å². The van der Waals surface area contributed by atoms with E-state index in [4.69, 9.17) is 0 Å². The number of aliphatic hydroxyl groups is 1. The van der Waals surface area contributed by atoms with Gasteiger partial charge in [0.1, 0.15) is 5.60 Å². The summed E-state index contributed by atoms with van der Waals surface area (Å²) in [5.41, 5.74) is -0.279. The molecule has 1 rings (SSSR count). The second-order valence-electron chi connectivity index (χ2n) is 2.86. The number of hydrogen-bond donors (Lipinski definition) is 1. The molecule has 1 aromatic rings. The van der Waals surface area contributed by atoms with Crippen molar-refractivity contribution in [1.29, 1.82) is 0 Å². The number of allylic oxidation sites excluding steroid dienone is 1. The Morgan fingerprint density at radius 3 is 2.75 bits per heavy atom. The third kappa shape index (κ3) is 1.92. The molecule has 0 fully saturated rings. The molecule has 0 aliphatic rings. The van der Waals surface area contributed by atoms with Crippen molar-refractivity contribution in [2.45, 2.75) is 19.4 Å². The van der Waals surface area contributed by atoms with E-state index in [0.29, 0.717) is 5.69 Å². The van der Waals surface area contributed by atoms with Gasteiger partial charge in [-0.15, -0.1) is 0 Å². The molecule has 1 N–H and O–H groups in total. The van der Waals surface area contributed by atoms with E-state index in [1.54, 1.807) is 25.3 Å². The van der Waals surface area contributed by atoms with Crippen molar-refractivity contribution in [3.8, 4) is 0 Å². The molecule has 0 bridgehead atoms. The van der Waals surface area contributed by atoms with Gasteiger partial charge in [0.05, 0.1) is 5.69 Å². The van der Waals surface area contributed by atoms with Crippen LogP contribution in [0.15, 0.2) is 36.5 Å². The molecule has 0 aromatic carbocycles. The van der Waals surface area contributed by atoms with Gasteiger partial charge in [0.15, 0.2) is 0 Å². The molecule has 0 radical (unpaired) electrons. The maximum absolute atomic E-state index is 9.84. The minimum absolute atomic E-state index is 0.670. The van der Waals surface area contributed by atoms with E-state index in [-0.39, 0.29) is 0 Å². The highest BCUT2D eigenvalue weighted by molar-refractivity contribution is 5.18. The maximum Gasteiger partial charge on any atom is 0.122 e. The summed E-state index contributed by atoms with van der Waals surface area (Å²) in [7, 11) is 0. The van der Waals surface area contributed by atoms with Crippen LogP contribution in [-0.4, -0.2) is 10.1 Å². The lowest BCUT2D eigenvalue weighted by atomic mass is 10.0. The van der Waals surface area contributed by atoms with Crippen LogP contribution < -0.4 is 0 Å². The minimum atomic E-state index is -0.948. The molecule has 2 nitrogen and oxygen atoms in total. The van der Waals surface area contributed by atoms with E-state index in [9.17, 15) is 5.11 Å². The Morgan fingerprint density at radius 2 is 2.25 bits per heavy atom. The van der Waals surface area contributed by atoms with Crippen LogP contribution >= 0.6 is 0 Å². The summed E-state index contributed by atoms with van der Waals surface area (Å²) in [5.74, 6) is 0. The smallest absolute Gasteiger partial charge is 0.122 e. The SMILES string of the molecule is C/C=C/C(C)(O)c1ccccn1. The van der Waals surface area contributed by atoms with Gasteiger partial charge in [-0.1, -0.05) is 18.2 Å². The van der Waals surface area contributed by atoms with Crippen LogP contribution in [0.4, 0.5) is 0 Å². The van der Waals surface area contributed by atoms with E-state index in [0.717, 1.165) is 0 Å². The first kappa shape index (κ1) is 8.94. The van der Waals surface area contributed by atoms with Crippen molar-refractivity contribution in [2.24, 2.45) is 0 Å². The van der Waals surface area contributed by atoms with Gasteiger partial charge in [-0.2, -0.15) is 0 Å². The third-order valence-corrected chi connectivity index (χ3v) is 1.67. The van der Waals surface area contributed by atoms with Crippen molar-refractivity contribution < 1.29 is 5.11 Å². The number of nitrogens with zero attached hydrogens (tertiary/aromatic N) is 1. The number of pyridine rings is 1. The molecule has 0 spiro atoms. The normalized spacial score (nSPS) is 16.2. The van der Waals surface area contributed by atoms with Gasteiger partial charge >= 0.3 is 0 Å². The first-order chi connectivity index (χ1) is 5.67. The highest BCUT2D eigenvalue weighted by atomic mass is 16.3. The minimum Gasteiger partial charge on any atom is -0.380 e. The van der Waals surface area contributed by atoms with Crippen LogP contribution in [0.1, 0.15) is 19.5 Å². The Hall–Kier alpha value is -1.15. The summed E-state index contributed by atoms with van der Waals surface area (Å²) < 4.78 is 0. The Morgan fingerprint density at radius 1 is 1.50 bits per heavy atom. The first-order valence-electron chi connectivity index (χ1n) is 3.94. The van der Waals surface area contributed by atoms with Crippen LogP contribution in [0.3, 0.4) is 0 Å². The fraction of sp³-hybridized carbons (Fsp3) is 0.300. The van der Waals surface area contributed by atoms with Crippen LogP contribution in [0.25, 0.3) is 0 Å². The third-order valence-electron chi connectivity index (χ3n) is 1.67. The zero-order valence-corrected chi connectivity index (χ0v) is 7.36. The van der Waals surface area contributed by atoms with Crippen LogP contribution in [-0.2, 0) is 5.60 Å². The number of aromatic nitrogens is 1. The van der Waals surface area contributed by atoms with Crippen LogP contribution in [0.5, 0.6) is 0 Å². The summed E-state index contributed by atoms with van der Waals surface area (Å²) in [6.07, 6.45) is 5.21. The zero-order chi connectivity index (χ0) is 9.03. The van der Waals surface area contributed by atoms with Gasteiger partial charge < -0.3 is 5.11 Å². The van der Waals surface area contributed by atoms with E-state index >= 15 is 0 Å². The molecule has 1 heterocycles. The van der Waals surface area contributed by atoms with Gasteiger partial charge in [-0.25, -0.2) is 0 Å². The van der Waals surface area contributed by atoms with Crippen molar-refractivity contribution in [3.05, 3.63) is 42.2 Å². The van der Waals surface area contributed by atoms with Gasteiger partial charge in [-0.05, 0) is 26.0 Å². The van der Waals surface area contributed by atoms with Crippen LogP contribution in [0.2, 0.25) is 0 Å². The second kappa shape index (κ2) is 3.50. The molecule has 1 unspecified atom stereocenters. The number of rotatable bonds is 2. The topological polar surface area (TPSA) is 33.1 Å². The van der Waals surface area contributed by atoms with E-state index in [2.05, 4.69) is 4.98 Å². The largest absolute Gasteiger partial charge is 0.380 e. The van der Waals surface area contributed by atoms with Crippen molar-refractivity contribution in [3.63, 3.8) is 0 Å². The second-order valence-corrected chi connectivity index (χ2v) is 2.86. The lowest BCUT2D eigenvalue weighted by Gasteiger charge is -2.17. The standard InChI is InChI=1S/C10H13NO/c1-3-7-10(2,12)9-6-4-5-8-11-9/h3-8,12H,1-2H3/b7-3+. The summed E-state index contributed by atoms with van der Waals surface area (Å²) in [6, 6.07) is 5.50. The average molecular weight is 163 g/mol. The van der Waals surface area contributed by atoms with Crippen molar-refractivity contribution >= 4 is 0 Å². The molecule has 2 heteroatoms. The fourth-order valence-corrected chi connectivity index (χ4v) is 1.07. The number of hydrogen-bond acceptors (Lipinski definition) is 2. The lowest BCUT2D eigenvalue weighted by molar-refractivity contribution is 0.106. The molecule has 1 atom stereocenters. The fourth-order valence-electron chi connectivity index (χ4n) is 1.07. The monoisotopic (exact) mass is 163 g/mol. The average Bonchev–Trinajstić information content (AvgIpc) is 2.06. The predicted molar refractivity (Wildman–Crippen MR) is 48.6 cm³/mol. The molecule has 1 aromatic heterocycles. The molecular weight excluding hydrogens is 150 g/mol. The van der Waals surface area contributed by atoms with E-state index in [1.807, 2.05) is 25.1 Å². The van der Waals surface area contributed by atoms with Gasteiger partial charge in [-0.3, -0.25) is 4.98 Å². The summed E-state index contributed by atoms with van der Waals surface area (Å²) in [6.45, 7) is 3.59.